The summed E-state index contributed by atoms with van der Waals surface area (Å²) in [7, 11) is 0. The highest BCUT2D eigenvalue weighted by Gasteiger charge is 2.31. The van der Waals surface area contributed by atoms with Gasteiger partial charge in [-0.3, -0.25) is 4.79 Å². The van der Waals surface area contributed by atoms with Gasteiger partial charge in [-0.1, -0.05) is 45.0 Å². The van der Waals surface area contributed by atoms with Crippen molar-refractivity contribution in [3.8, 4) is 11.5 Å². The molecule has 1 unspecified atom stereocenters. The Morgan fingerprint density at radius 2 is 1.60 bits per heavy atom. The number of thiocarbonyl (C=S) groups is 1. The van der Waals surface area contributed by atoms with Crippen molar-refractivity contribution in [3.05, 3.63) is 70.9 Å². The third-order valence-corrected chi connectivity index (χ3v) is 5.80. The second kappa shape index (κ2) is 8.60. The molecular weight excluding hydrogens is 392 g/mol. The predicted octanol–water partition coefficient (Wildman–Crippen LogP) is 5.89. The molecule has 4 nitrogen and oxygen atoms in total. The van der Waals surface area contributed by atoms with Crippen molar-refractivity contribution in [2.24, 2.45) is 0 Å². The van der Waals surface area contributed by atoms with E-state index >= 15 is 0 Å². The monoisotopic (exact) mass is 422 g/mol. The number of ketones is 1. The Hall–Kier alpha value is -2.66. The van der Waals surface area contributed by atoms with E-state index in [2.05, 4.69) is 38.2 Å². The number of ether oxygens (including phenoxy) is 1. The van der Waals surface area contributed by atoms with Crippen molar-refractivity contribution < 1.29 is 9.53 Å². The fraction of sp³-hybridized carbons (Fsp3) is 0.360. The zero-order valence-corrected chi connectivity index (χ0v) is 19.4. The van der Waals surface area contributed by atoms with Gasteiger partial charge >= 0.3 is 0 Å². The highest BCUT2D eigenvalue weighted by molar-refractivity contribution is 7.80. The number of nitrogens with zero attached hydrogens (tertiary/aromatic N) is 1. The molecule has 0 amide bonds. The van der Waals surface area contributed by atoms with Gasteiger partial charge in [-0.15, -0.1) is 0 Å². The molecule has 1 heterocycles. The van der Waals surface area contributed by atoms with Crippen LogP contribution in [0.15, 0.2) is 59.8 Å². The minimum absolute atomic E-state index is 0.0465. The smallest absolute Gasteiger partial charge is 0.173 e. The fourth-order valence-corrected chi connectivity index (χ4v) is 4.14. The molecule has 1 atom stereocenters. The molecule has 30 heavy (non-hydrogen) atoms. The number of carbonyl (C=O) groups is 1. The van der Waals surface area contributed by atoms with E-state index in [0.29, 0.717) is 5.11 Å². The second-order valence-electron chi connectivity index (χ2n) is 8.63. The first-order chi connectivity index (χ1) is 14.1. The molecule has 0 aliphatic carbocycles. The number of benzene rings is 2. The molecule has 2 aromatic carbocycles. The molecule has 1 aliphatic rings. The van der Waals surface area contributed by atoms with Gasteiger partial charge in [-0.2, -0.15) is 0 Å². The summed E-state index contributed by atoms with van der Waals surface area (Å²) in [4.78, 5) is 14.3. The zero-order chi connectivity index (χ0) is 22.1. The molecular formula is C25H30N2O2S. The van der Waals surface area contributed by atoms with Gasteiger partial charge in [0.05, 0.1) is 6.04 Å². The third-order valence-electron chi connectivity index (χ3n) is 5.46. The predicted molar refractivity (Wildman–Crippen MR) is 126 cm³/mol. The van der Waals surface area contributed by atoms with Gasteiger partial charge < -0.3 is 15.0 Å². The Morgan fingerprint density at radius 3 is 2.07 bits per heavy atom. The number of nitrogens with one attached hydrogen (secondary N) is 1. The van der Waals surface area contributed by atoms with Crippen LogP contribution in [0.3, 0.4) is 0 Å². The zero-order valence-electron chi connectivity index (χ0n) is 18.6. The van der Waals surface area contributed by atoms with Crippen molar-refractivity contribution in [3.63, 3.8) is 0 Å². The lowest BCUT2D eigenvalue weighted by Crippen LogP contribution is -2.47. The Kier molecular flexibility index (Phi) is 6.32. The normalized spacial score (nSPS) is 17.1. The van der Waals surface area contributed by atoms with E-state index in [4.69, 9.17) is 17.0 Å². The Morgan fingerprint density at radius 1 is 1.07 bits per heavy atom. The highest BCUT2D eigenvalue weighted by Crippen LogP contribution is 2.33. The Bertz CT molecular complexity index is 970. The van der Waals surface area contributed by atoms with E-state index in [0.717, 1.165) is 34.9 Å². The SMILES string of the molecule is CCN1C(=S)NC(c2ccc(Oc3ccc(C(C)(C)C)cc3)cc2)C(C(C)=O)=C1C. The van der Waals surface area contributed by atoms with Crippen molar-refractivity contribution in [2.45, 2.75) is 53.0 Å². The van der Waals surface area contributed by atoms with Crippen LogP contribution in [0, 0.1) is 0 Å². The molecule has 0 radical (unpaired) electrons. The quantitative estimate of drug-likeness (QED) is 0.609. The number of carbonyl (C=O) groups excluding carboxylic acids is 1. The lowest BCUT2D eigenvalue weighted by molar-refractivity contribution is -0.114. The number of allylic oxidation sites excluding steroid dienone is 1. The molecule has 1 aliphatic heterocycles. The van der Waals surface area contributed by atoms with Crippen LogP contribution < -0.4 is 10.1 Å². The minimum atomic E-state index is -0.252. The minimum Gasteiger partial charge on any atom is -0.457 e. The summed E-state index contributed by atoms with van der Waals surface area (Å²) in [6, 6.07) is 15.8. The van der Waals surface area contributed by atoms with E-state index in [1.54, 1.807) is 6.92 Å². The average molecular weight is 423 g/mol. The lowest BCUT2D eigenvalue weighted by atomic mass is 9.87. The van der Waals surface area contributed by atoms with Crippen LogP contribution in [0.5, 0.6) is 11.5 Å². The van der Waals surface area contributed by atoms with Crippen LogP contribution in [0.4, 0.5) is 0 Å². The van der Waals surface area contributed by atoms with E-state index in [1.807, 2.05) is 55.1 Å². The van der Waals surface area contributed by atoms with E-state index in [1.165, 1.54) is 5.56 Å². The fourth-order valence-electron chi connectivity index (χ4n) is 3.76. The molecule has 0 saturated carbocycles. The molecule has 0 aromatic heterocycles. The number of rotatable bonds is 5. The topological polar surface area (TPSA) is 41.6 Å². The summed E-state index contributed by atoms with van der Waals surface area (Å²) >= 11 is 5.51. The first-order valence-electron chi connectivity index (χ1n) is 10.3. The standard InChI is InChI=1S/C25H30N2O2S/c1-7-27-16(2)22(17(3)28)23(26-24(27)30)18-8-12-20(13-9-18)29-21-14-10-19(11-15-21)25(4,5)6/h8-15,23H,7H2,1-6H3,(H,26,30). The van der Waals surface area contributed by atoms with Gasteiger partial charge in [0.25, 0.3) is 0 Å². The second-order valence-corrected chi connectivity index (χ2v) is 9.01. The van der Waals surface area contributed by atoms with E-state index < -0.39 is 0 Å². The number of hydrogen-bond acceptors (Lipinski definition) is 3. The maximum Gasteiger partial charge on any atom is 0.173 e. The van der Waals surface area contributed by atoms with Gasteiger partial charge in [-0.25, -0.2) is 0 Å². The molecule has 5 heteroatoms. The summed E-state index contributed by atoms with van der Waals surface area (Å²) in [6.07, 6.45) is 0. The maximum absolute atomic E-state index is 12.4. The molecule has 158 valence electrons. The van der Waals surface area contributed by atoms with Crippen molar-refractivity contribution in [2.75, 3.05) is 6.54 Å². The summed E-state index contributed by atoms with van der Waals surface area (Å²) < 4.78 is 6.01. The van der Waals surface area contributed by atoms with Crippen LogP contribution in [0.1, 0.15) is 58.7 Å². The maximum atomic E-state index is 12.4. The highest BCUT2D eigenvalue weighted by atomic mass is 32.1. The molecule has 3 rings (SSSR count). The van der Waals surface area contributed by atoms with Crippen LogP contribution in [-0.4, -0.2) is 22.3 Å². The van der Waals surface area contributed by atoms with E-state index in [9.17, 15) is 4.79 Å². The Balaban J connectivity index is 1.82. The molecule has 0 spiro atoms. The summed E-state index contributed by atoms with van der Waals surface area (Å²) in [5, 5.41) is 3.97. The van der Waals surface area contributed by atoms with Gasteiger partial charge in [0.15, 0.2) is 10.9 Å². The summed E-state index contributed by atoms with van der Waals surface area (Å²) in [5.41, 5.74) is 4.02. The van der Waals surface area contributed by atoms with Crippen LogP contribution in [0.2, 0.25) is 0 Å². The number of Topliss-reactive ketones (excluding diaryl/α,β-unsaturated/α-hetero) is 1. The third kappa shape index (κ3) is 4.57. The average Bonchev–Trinajstić information content (AvgIpc) is 2.68. The van der Waals surface area contributed by atoms with Crippen molar-refractivity contribution in [1.82, 2.24) is 10.2 Å². The molecule has 2 aromatic rings. The Labute approximate surface area is 184 Å². The van der Waals surface area contributed by atoms with Gasteiger partial charge in [-0.05, 0) is 73.8 Å². The van der Waals surface area contributed by atoms with Crippen molar-refractivity contribution in [1.29, 1.82) is 0 Å². The summed E-state index contributed by atoms with van der Waals surface area (Å²) in [5.74, 6) is 1.59. The largest absolute Gasteiger partial charge is 0.457 e. The summed E-state index contributed by atoms with van der Waals surface area (Å²) in [6.45, 7) is 12.9. The molecule has 0 bridgehead atoms. The van der Waals surface area contributed by atoms with E-state index in [-0.39, 0.29) is 17.2 Å². The van der Waals surface area contributed by atoms with Crippen LogP contribution in [0.25, 0.3) is 0 Å². The number of hydrogen-bond donors (Lipinski definition) is 1. The van der Waals surface area contributed by atoms with Gasteiger partial charge in [0.1, 0.15) is 11.5 Å². The molecule has 0 saturated heterocycles. The van der Waals surface area contributed by atoms with Gasteiger partial charge in [0, 0.05) is 17.8 Å². The first-order valence-corrected chi connectivity index (χ1v) is 10.7. The first kappa shape index (κ1) is 22.0. The van der Waals surface area contributed by atoms with Gasteiger partial charge in [0.2, 0.25) is 0 Å². The lowest BCUT2D eigenvalue weighted by Gasteiger charge is -2.37. The van der Waals surface area contributed by atoms with Crippen LogP contribution in [-0.2, 0) is 10.2 Å². The van der Waals surface area contributed by atoms with Crippen LogP contribution >= 0.6 is 12.2 Å². The molecule has 1 N–H and O–H groups in total. The molecule has 0 fully saturated rings. The van der Waals surface area contributed by atoms with Crippen molar-refractivity contribution >= 4 is 23.1 Å².